The van der Waals surface area contributed by atoms with Crippen LogP contribution in [0.15, 0.2) is 0 Å². The Labute approximate surface area is 64.4 Å². The lowest BCUT2D eigenvalue weighted by Gasteiger charge is -2.24. The van der Waals surface area contributed by atoms with E-state index in [4.69, 9.17) is 0 Å². The van der Waals surface area contributed by atoms with Crippen molar-refractivity contribution in [2.45, 2.75) is 39.2 Å². The second-order valence-corrected chi connectivity index (χ2v) is 3.88. The summed E-state index contributed by atoms with van der Waals surface area (Å²) in [7, 11) is 4.09. The van der Waals surface area contributed by atoms with Gasteiger partial charge >= 0.3 is 0 Å². The van der Waals surface area contributed by atoms with Crippen LogP contribution in [0.5, 0.6) is 0 Å². The van der Waals surface area contributed by atoms with E-state index in [-0.39, 0.29) is 0 Å². The van der Waals surface area contributed by atoms with Gasteiger partial charge in [0.2, 0.25) is 0 Å². The molecule has 1 aliphatic rings. The van der Waals surface area contributed by atoms with Crippen molar-refractivity contribution in [2.24, 2.45) is 5.92 Å². The summed E-state index contributed by atoms with van der Waals surface area (Å²) in [6.45, 7) is 5.88. The van der Waals surface area contributed by atoms with Gasteiger partial charge in [-0.3, -0.25) is 0 Å². The molecule has 0 saturated carbocycles. The lowest BCUT2D eigenvalue weighted by Crippen LogP contribution is -3.08. The molecule has 0 bridgehead atoms. The summed E-state index contributed by atoms with van der Waals surface area (Å²) < 4.78 is 0. The average molecular weight is 141 g/mol. The molecule has 60 valence electrons. The van der Waals surface area contributed by atoms with Crippen molar-refractivity contribution in [2.75, 3.05) is 6.54 Å². The molecule has 0 aliphatic carbocycles. The zero-order valence-corrected chi connectivity index (χ0v) is 7.19. The van der Waals surface area contributed by atoms with E-state index < -0.39 is 0 Å². The number of nitrogens with one attached hydrogen (secondary N) is 1. The van der Waals surface area contributed by atoms with Gasteiger partial charge in [0.15, 0.2) is 0 Å². The number of likely N-dealkylation sites (tertiary alicyclic amines) is 1. The van der Waals surface area contributed by atoms with Crippen LogP contribution in [0.3, 0.4) is 0 Å². The van der Waals surface area contributed by atoms with Crippen LogP contribution in [0.25, 0.3) is 0 Å². The Morgan fingerprint density at radius 3 is 2.70 bits per heavy atom. The van der Waals surface area contributed by atoms with Crippen LogP contribution in [0, 0.1) is 13.0 Å². The van der Waals surface area contributed by atoms with E-state index in [1.54, 1.807) is 0 Å². The molecule has 2 atom stereocenters. The maximum absolute atomic E-state index is 4.09. The standard InChI is InChI=1S/C9H19N/c1-8(2)7-9-5-4-6-10(9)3/h8-10H,3-7H2,1-2H3. The van der Waals surface area contributed by atoms with Crippen LogP contribution in [0.1, 0.15) is 33.1 Å². The highest BCUT2D eigenvalue weighted by atomic mass is 15.1. The third-order valence-electron chi connectivity index (χ3n) is 2.38. The Balaban J connectivity index is 2.26. The molecule has 0 aromatic heterocycles. The Bertz CT molecular complexity index is 98.9. The molecular formula is C9H19N. The van der Waals surface area contributed by atoms with Gasteiger partial charge in [0.25, 0.3) is 0 Å². The van der Waals surface area contributed by atoms with Crippen molar-refractivity contribution in [1.82, 2.24) is 0 Å². The molecule has 0 aromatic rings. The molecule has 2 unspecified atom stereocenters. The fourth-order valence-electron chi connectivity index (χ4n) is 1.84. The minimum absolute atomic E-state index is 0.847. The summed E-state index contributed by atoms with van der Waals surface area (Å²) in [5.74, 6) is 0.847. The van der Waals surface area contributed by atoms with Crippen LogP contribution in [0.2, 0.25) is 0 Å². The zero-order valence-electron chi connectivity index (χ0n) is 7.19. The first kappa shape index (κ1) is 8.06. The SMILES string of the molecule is [CH2-][NH+]1CCCC1CC(C)C. The fraction of sp³-hybridized carbons (Fsp3) is 0.889. The molecule has 1 heterocycles. The molecule has 1 N–H and O–H groups in total. The quantitative estimate of drug-likeness (QED) is 0.544. The minimum atomic E-state index is 0.847. The average Bonchev–Trinajstić information content (AvgIpc) is 2.15. The highest BCUT2D eigenvalue weighted by Crippen LogP contribution is 2.09. The van der Waals surface area contributed by atoms with Crippen molar-refractivity contribution in [3.05, 3.63) is 7.05 Å². The first-order valence-electron chi connectivity index (χ1n) is 4.38. The van der Waals surface area contributed by atoms with Gasteiger partial charge in [-0.25, -0.2) is 0 Å². The van der Waals surface area contributed by atoms with E-state index in [0.29, 0.717) is 0 Å². The molecule has 1 rings (SSSR count). The first-order chi connectivity index (χ1) is 4.70. The molecule has 0 amide bonds. The number of hydrogen-bond donors (Lipinski definition) is 1. The summed E-state index contributed by atoms with van der Waals surface area (Å²) in [6.07, 6.45) is 4.14. The van der Waals surface area contributed by atoms with Crippen molar-refractivity contribution in [1.29, 1.82) is 0 Å². The third kappa shape index (κ3) is 1.98. The second kappa shape index (κ2) is 3.38. The summed E-state index contributed by atoms with van der Waals surface area (Å²) in [5.41, 5.74) is 0. The summed E-state index contributed by atoms with van der Waals surface area (Å²) in [4.78, 5) is 1.51. The van der Waals surface area contributed by atoms with Gasteiger partial charge in [-0.2, -0.15) is 7.05 Å². The van der Waals surface area contributed by atoms with Crippen molar-refractivity contribution in [3.8, 4) is 0 Å². The predicted molar refractivity (Wildman–Crippen MR) is 43.7 cm³/mol. The van der Waals surface area contributed by atoms with E-state index in [2.05, 4.69) is 20.9 Å². The van der Waals surface area contributed by atoms with Crippen LogP contribution < -0.4 is 4.90 Å². The van der Waals surface area contributed by atoms with Gasteiger partial charge in [-0.15, -0.1) is 0 Å². The smallest absolute Gasteiger partial charge is 0.0639 e. The predicted octanol–water partition coefficient (Wildman–Crippen LogP) is 0.871. The molecule has 0 aromatic carbocycles. The number of quaternary nitrogens is 1. The molecular weight excluding hydrogens is 122 g/mol. The largest absolute Gasteiger partial charge is 0.465 e. The topological polar surface area (TPSA) is 4.44 Å². The minimum Gasteiger partial charge on any atom is -0.465 e. The van der Waals surface area contributed by atoms with E-state index >= 15 is 0 Å². The highest BCUT2D eigenvalue weighted by Gasteiger charge is 2.21. The molecule has 1 fully saturated rings. The van der Waals surface area contributed by atoms with Crippen LogP contribution in [-0.4, -0.2) is 12.6 Å². The molecule has 0 spiro atoms. The maximum atomic E-state index is 4.09. The summed E-state index contributed by atoms with van der Waals surface area (Å²) >= 11 is 0. The van der Waals surface area contributed by atoms with Gasteiger partial charge in [0, 0.05) is 6.42 Å². The van der Waals surface area contributed by atoms with E-state index in [1.807, 2.05) is 0 Å². The second-order valence-electron chi connectivity index (χ2n) is 3.88. The van der Waals surface area contributed by atoms with E-state index in [9.17, 15) is 0 Å². The molecule has 10 heavy (non-hydrogen) atoms. The monoisotopic (exact) mass is 141 g/mol. The van der Waals surface area contributed by atoms with Gasteiger partial charge in [-0.1, -0.05) is 13.8 Å². The lowest BCUT2D eigenvalue weighted by atomic mass is 10.0. The van der Waals surface area contributed by atoms with Gasteiger partial charge in [0.05, 0.1) is 12.6 Å². The lowest BCUT2D eigenvalue weighted by molar-refractivity contribution is -0.867. The van der Waals surface area contributed by atoms with Crippen molar-refractivity contribution in [3.63, 3.8) is 0 Å². The van der Waals surface area contributed by atoms with E-state index in [0.717, 1.165) is 12.0 Å². The van der Waals surface area contributed by atoms with Gasteiger partial charge in [0.1, 0.15) is 0 Å². The molecule has 1 saturated heterocycles. The maximum Gasteiger partial charge on any atom is 0.0639 e. The van der Waals surface area contributed by atoms with Gasteiger partial charge in [-0.05, 0) is 18.8 Å². The Kier molecular flexibility index (Phi) is 2.72. The van der Waals surface area contributed by atoms with Crippen LogP contribution in [-0.2, 0) is 0 Å². The Morgan fingerprint density at radius 2 is 2.30 bits per heavy atom. The zero-order chi connectivity index (χ0) is 7.56. The summed E-state index contributed by atoms with van der Waals surface area (Å²) in [6, 6.07) is 0.861. The molecule has 1 heteroatoms. The van der Waals surface area contributed by atoms with Crippen LogP contribution in [0.4, 0.5) is 0 Å². The van der Waals surface area contributed by atoms with Crippen molar-refractivity contribution < 1.29 is 4.90 Å². The number of rotatable bonds is 2. The van der Waals surface area contributed by atoms with Crippen LogP contribution >= 0.6 is 0 Å². The molecule has 0 radical (unpaired) electrons. The normalized spacial score (nSPS) is 33.6. The van der Waals surface area contributed by atoms with E-state index in [1.165, 1.54) is 30.7 Å². The first-order valence-corrected chi connectivity index (χ1v) is 4.38. The number of hydrogen-bond acceptors (Lipinski definition) is 0. The summed E-state index contributed by atoms with van der Waals surface area (Å²) in [5, 5.41) is 0. The third-order valence-corrected chi connectivity index (χ3v) is 2.38. The Hall–Kier alpha value is -0.0400. The van der Waals surface area contributed by atoms with Crippen molar-refractivity contribution >= 4 is 0 Å². The van der Waals surface area contributed by atoms with Gasteiger partial charge < -0.3 is 4.90 Å². The molecule has 1 aliphatic heterocycles. The highest BCUT2D eigenvalue weighted by molar-refractivity contribution is 4.63. The fourth-order valence-corrected chi connectivity index (χ4v) is 1.84. The molecule has 1 nitrogen and oxygen atoms in total. The Morgan fingerprint density at radius 1 is 1.60 bits per heavy atom.